The third kappa shape index (κ3) is 2.80. The van der Waals surface area contributed by atoms with Gasteiger partial charge in [0.1, 0.15) is 0 Å². The van der Waals surface area contributed by atoms with Gasteiger partial charge in [-0.05, 0) is 47.7 Å². The summed E-state index contributed by atoms with van der Waals surface area (Å²) in [4.78, 5) is 23.4. The molecule has 0 aliphatic carbocycles. The number of Topliss-reactive ketones (excluding diaryl/α,β-unsaturated/α-hetero) is 1. The Morgan fingerprint density at radius 1 is 1.28 bits per heavy atom. The maximum atomic E-state index is 12.0. The zero-order chi connectivity index (χ0) is 13.9. The minimum absolute atomic E-state index is 0.181. The maximum Gasteiger partial charge on any atom is 0.200 e. The molecule has 0 atom stereocenters. The second-order valence-corrected chi connectivity index (χ2v) is 4.95. The van der Waals surface area contributed by atoms with Gasteiger partial charge in [0, 0.05) is 22.2 Å². The molecular weight excluding hydrogens is 341 g/mol. The molecule has 1 aromatic carbocycles. The number of nitrogens with zero attached hydrogens (tertiary/aromatic N) is 1. The third-order valence-electron chi connectivity index (χ3n) is 2.53. The topological polar surface area (TPSA) is 39.1 Å². The molecule has 0 bridgehead atoms. The molecule has 4 heteroatoms. The van der Waals surface area contributed by atoms with Crippen molar-refractivity contribution >= 4 is 39.3 Å². The smallest absolute Gasteiger partial charge is 0.200 e. The van der Waals surface area contributed by atoms with Crippen LogP contribution in [0.3, 0.4) is 0 Å². The molecule has 2 rings (SSSR count). The van der Waals surface area contributed by atoms with Gasteiger partial charge in [-0.25, -0.2) is 0 Å². The summed E-state index contributed by atoms with van der Waals surface area (Å²) in [5.41, 5.74) is 0.909. The normalized spacial score (nSPS) is 9.83. The zero-order valence-electron chi connectivity index (χ0n) is 11.0. The van der Waals surface area contributed by atoms with E-state index in [0.717, 1.165) is 9.09 Å². The van der Waals surface area contributed by atoms with Gasteiger partial charge in [-0.2, -0.15) is 0 Å². The average Bonchev–Trinajstić information content (AvgIpc) is 2.35. The van der Waals surface area contributed by atoms with E-state index in [-0.39, 0.29) is 16.8 Å². The van der Waals surface area contributed by atoms with Crippen LogP contribution in [-0.4, -0.2) is 10.4 Å². The van der Waals surface area contributed by atoms with E-state index in [2.05, 4.69) is 22.6 Å². The molecular formula is C14H16INO2. The number of ketones is 1. The van der Waals surface area contributed by atoms with E-state index in [0.29, 0.717) is 5.39 Å². The Bertz CT molecular complexity index is 644. The molecule has 0 fully saturated rings. The fraction of sp³-hybridized carbons (Fsp3) is 0.286. The number of carbonyl (C=O) groups excluding carboxylic acids is 1. The van der Waals surface area contributed by atoms with Gasteiger partial charge >= 0.3 is 0 Å². The molecule has 96 valence electrons. The monoisotopic (exact) mass is 357 g/mol. The number of hydrogen-bond donors (Lipinski definition) is 0. The molecule has 0 saturated carbocycles. The molecule has 1 aromatic heterocycles. The number of carbonyl (C=O) groups is 1. The van der Waals surface area contributed by atoms with Crippen LogP contribution in [0.25, 0.3) is 10.9 Å². The van der Waals surface area contributed by atoms with E-state index in [9.17, 15) is 9.59 Å². The van der Waals surface area contributed by atoms with Crippen LogP contribution in [0.15, 0.2) is 29.2 Å². The lowest BCUT2D eigenvalue weighted by Crippen LogP contribution is -2.16. The van der Waals surface area contributed by atoms with Crippen molar-refractivity contribution < 1.29 is 4.79 Å². The quantitative estimate of drug-likeness (QED) is 0.580. The van der Waals surface area contributed by atoms with Crippen LogP contribution in [0.2, 0.25) is 0 Å². The lowest BCUT2D eigenvalue weighted by molar-refractivity contribution is 0.101. The number of benzene rings is 1. The van der Waals surface area contributed by atoms with Crippen molar-refractivity contribution in [2.45, 2.75) is 20.8 Å². The molecule has 0 radical (unpaired) electrons. The van der Waals surface area contributed by atoms with Crippen molar-refractivity contribution in [1.82, 2.24) is 4.57 Å². The van der Waals surface area contributed by atoms with Gasteiger partial charge < -0.3 is 4.57 Å². The first-order valence-corrected chi connectivity index (χ1v) is 6.88. The van der Waals surface area contributed by atoms with Crippen LogP contribution < -0.4 is 5.43 Å². The summed E-state index contributed by atoms with van der Waals surface area (Å²) >= 11 is 2.15. The molecule has 0 N–H and O–H groups in total. The summed E-state index contributed by atoms with van der Waals surface area (Å²) in [5.74, 6) is -0.193. The number of aryl methyl sites for hydroxylation is 1. The van der Waals surface area contributed by atoms with Crippen molar-refractivity contribution in [3.05, 3.63) is 43.8 Å². The fourth-order valence-corrected chi connectivity index (χ4v) is 2.21. The van der Waals surface area contributed by atoms with Gasteiger partial charge in [0.25, 0.3) is 0 Å². The first kappa shape index (κ1) is 14.9. The molecule has 3 nitrogen and oxygen atoms in total. The largest absolute Gasteiger partial charge is 0.350 e. The summed E-state index contributed by atoms with van der Waals surface area (Å²) < 4.78 is 2.80. The van der Waals surface area contributed by atoms with Gasteiger partial charge in [-0.1, -0.05) is 13.8 Å². The van der Waals surface area contributed by atoms with E-state index >= 15 is 0 Å². The highest BCUT2D eigenvalue weighted by molar-refractivity contribution is 14.1. The van der Waals surface area contributed by atoms with Crippen molar-refractivity contribution in [2.75, 3.05) is 0 Å². The van der Waals surface area contributed by atoms with Crippen molar-refractivity contribution in [3.8, 4) is 0 Å². The Hall–Kier alpha value is -1.17. The number of aromatic nitrogens is 1. The van der Waals surface area contributed by atoms with E-state index in [1.165, 1.54) is 6.92 Å². The fourth-order valence-electron chi connectivity index (χ4n) is 1.72. The minimum Gasteiger partial charge on any atom is -0.350 e. The van der Waals surface area contributed by atoms with Crippen LogP contribution in [0.4, 0.5) is 0 Å². The Morgan fingerprint density at radius 3 is 2.44 bits per heavy atom. The van der Waals surface area contributed by atoms with Crippen LogP contribution in [0.5, 0.6) is 0 Å². The van der Waals surface area contributed by atoms with Gasteiger partial charge in [-0.15, -0.1) is 0 Å². The van der Waals surface area contributed by atoms with Crippen LogP contribution >= 0.6 is 22.6 Å². The van der Waals surface area contributed by atoms with E-state index in [1.807, 2.05) is 43.7 Å². The lowest BCUT2D eigenvalue weighted by Gasteiger charge is -2.07. The third-order valence-corrected chi connectivity index (χ3v) is 3.20. The molecule has 1 heterocycles. The average molecular weight is 357 g/mol. The number of halogens is 1. The van der Waals surface area contributed by atoms with Crippen LogP contribution in [-0.2, 0) is 7.05 Å². The van der Waals surface area contributed by atoms with Gasteiger partial charge in [0.15, 0.2) is 11.2 Å². The molecule has 0 aliphatic heterocycles. The molecule has 0 spiro atoms. The van der Waals surface area contributed by atoms with E-state index < -0.39 is 0 Å². The molecule has 0 saturated heterocycles. The summed E-state index contributed by atoms with van der Waals surface area (Å²) in [7, 11) is 1.83. The SMILES string of the molecule is CC.CC(=O)c1cn(C)c2ccc(I)cc2c1=O. The number of rotatable bonds is 1. The number of pyridine rings is 1. The van der Waals surface area contributed by atoms with Gasteiger partial charge in [0.05, 0.1) is 11.1 Å². The second-order valence-electron chi connectivity index (χ2n) is 3.70. The first-order valence-electron chi connectivity index (χ1n) is 5.80. The summed E-state index contributed by atoms with van der Waals surface area (Å²) in [6.45, 7) is 5.41. The standard InChI is InChI=1S/C12H10INO2.C2H6/c1-7(15)10-6-14(2)11-4-3-8(13)5-9(11)12(10)16;1-2/h3-6H,1-2H3;1-2H3. The lowest BCUT2D eigenvalue weighted by atomic mass is 10.1. The molecule has 0 aliphatic rings. The molecule has 2 aromatic rings. The highest BCUT2D eigenvalue weighted by atomic mass is 127. The van der Waals surface area contributed by atoms with E-state index in [1.54, 1.807) is 6.20 Å². The van der Waals surface area contributed by atoms with Crippen molar-refractivity contribution in [1.29, 1.82) is 0 Å². The van der Waals surface area contributed by atoms with Crippen LogP contribution in [0.1, 0.15) is 31.1 Å². The predicted octanol–water partition coefficient (Wildman–Crippen LogP) is 3.37. The minimum atomic E-state index is -0.193. The number of fused-ring (bicyclic) bond motifs is 1. The zero-order valence-corrected chi connectivity index (χ0v) is 13.1. The Labute approximate surface area is 120 Å². The Kier molecular flexibility index (Phi) is 5.07. The summed E-state index contributed by atoms with van der Waals surface area (Å²) in [6.07, 6.45) is 1.60. The van der Waals surface area contributed by atoms with Crippen molar-refractivity contribution in [3.63, 3.8) is 0 Å². The molecule has 0 unspecified atom stereocenters. The Morgan fingerprint density at radius 2 is 1.89 bits per heavy atom. The molecule has 18 heavy (non-hydrogen) atoms. The maximum absolute atomic E-state index is 12.0. The summed E-state index contributed by atoms with van der Waals surface area (Å²) in [6, 6.07) is 5.64. The Balaban J connectivity index is 0.000000771. The second kappa shape index (κ2) is 6.13. The molecule has 0 amide bonds. The highest BCUT2D eigenvalue weighted by Gasteiger charge is 2.10. The number of hydrogen-bond acceptors (Lipinski definition) is 2. The highest BCUT2D eigenvalue weighted by Crippen LogP contribution is 2.14. The van der Waals surface area contributed by atoms with Gasteiger partial charge in [0.2, 0.25) is 0 Å². The van der Waals surface area contributed by atoms with Crippen LogP contribution in [0, 0.1) is 3.57 Å². The first-order chi connectivity index (χ1) is 8.50. The predicted molar refractivity (Wildman–Crippen MR) is 83.3 cm³/mol. The van der Waals surface area contributed by atoms with Gasteiger partial charge in [-0.3, -0.25) is 9.59 Å². The summed E-state index contributed by atoms with van der Waals surface area (Å²) in [5, 5.41) is 0.599. The van der Waals surface area contributed by atoms with Crippen molar-refractivity contribution in [2.24, 2.45) is 7.05 Å². The van der Waals surface area contributed by atoms with E-state index in [4.69, 9.17) is 0 Å².